The van der Waals surface area contributed by atoms with Crippen molar-refractivity contribution in [2.24, 2.45) is 0 Å². The Labute approximate surface area is 74.7 Å². The molecule has 0 heterocycles. The second-order valence-corrected chi connectivity index (χ2v) is 3.67. The van der Waals surface area contributed by atoms with Gasteiger partial charge in [-0.3, -0.25) is 0 Å². The second-order valence-electron chi connectivity index (χ2n) is 2.45. The Morgan fingerprint density at radius 2 is 1.56 bits per heavy atom. The summed E-state index contributed by atoms with van der Waals surface area (Å²) in [5.74, 6) is 0. The van der Waals surface area contributed by atoms with Gasteiger partial charge in [-0.15, -0.1) is 0 Å². The fourth-order valence-corrected chi connectivity index (χ4v) is 1.05. The van der Waals surface area contributed by atoms with Gasteiger partial charge < -0.3 is 4.90 Å². The molecule has 55 valence electrons. The van der Waals surface area contributed by atoms with Crippen LogP contribution in [0, 0.1) is 0 Å². The Kier molecular flexibility index (Phi) is 16.2. The molecule has 0 saturated carbocycles. The second kappa shape index (κ2) is 11.6. The Hall–Kier alpha value is 0.843. The Morgan fingerprint density at radius 1 is 1.22 bits per heavy atom. The van der Waals surface area contributed by atoms with Gasteiger partial charge in [0.1, 0.15) is 0 Å². The standard InChI is InChI=1S/C4H9.C3H9N.Zr/c1-3-4-2;1-4(2)3;/h1,3-4H2,2H3;1-3H3;. The van der Waals surface area contributed by atoms with Crippen molar-refractivity contribution in [3.8, 4) is 0 Å². The normalized spacial score (nSPS) is 8.44. The summed E-state index contributed by atoms with van der Waals surface area (Å²) in [5, 5.41) is 0. The number of unbranched alkanes of at least 4 members (excludes halogenated alkanes) is 1. The Morgan fingerprint density at radius 3 is 1.56 bits per heavy atom. The fraction of sp³-hybridized carbons (Fsp3) is 1.00. The minimum atomic E-state index is 1.37. The van der Waals surface area contributed by atoms with Gasteiger partial charge in [-0.05, 0) is 21.1 Å². The predicted molar refractivity (Wildman–Crippen MR) is 39.3 cm³/mol. The Bertz CT molecular complexity index is 33.1. The fourth-order valence-electron chi connectivity index (χ4n) is 0.177. The van der Waals surface area contributed by atoms with E-state index in [1.54, 1.807) is 24.7 Å². The summed E-state index contributed by atoms with van der Waals surface area (Å²) in [6.45, 7) is 2.23. The molecule has 0 aliphatic carbocycles. The molecule has 0 rings (SSSR count). The van der Waals surface area contributed by atoms with Crippen LogP contribution in [0.1, 0.15) is 19.8 Å². The van der Waals surface area contributed by atoms with Crippen molar-refractivity contribution in [1.82, 2.24) is 4.90 Å². The molecule has 0 aliphatic rings. The average molecular weight is 207 g/mol. The minimum Gasteiger partial charge on any atom is -0.312 e. The summed E-state index contributed by atoms with van der Waals surface area (Å²) in [5.41, 5.74) is 0. The van der Waals surface area contributed by atoms with Gasteiger partial charge in [0.25, 0.3) is 0 Å². The molecular weight excluding hydrogens is 189 g/mol. The van der Waals surface area contributed by atoms with E-state index < -0.39 is 0 Å². The first-order chi connectivity index (χ1) is 4.15. The molecule has 1 nitrogen and oxygen atoms in total. The molecule has 0 fully saturated rings. The molecule has 0 amide bonds. The van der Waals surface area contributed by atoms with Crippen LogP contribution in [-0.2, 0) is 24.7 Å². The van der Waals surface area contributed by atoms with Crippen molar-refractivity contribution in [2.75, 3.05) is 21.1 Å². The van der Waals surface area contributed by atoms with E-state index in [-0.39, 0.29) is 0 Å². The van der Waals surface area contributed by atoms with Gasteiger partial charge >= 0.3 is 48.6 Å². The van der Waals surface area contributed by atoms with Crippen LogP contribution >= 0.6 is 0 Å². The molecule has 0 N–H and O–H groups in total. The van der Waals surface area contributed by atoms with Crippen LogP contribution in [-0.4, -0.2) is 26.0 Å². The van der Waals surface area contributed by atoms with Gasteiger partial charge in [-0.25, -0.2) is 0 Å². The first-order valence-electron chi connectivity index (χ1n) is 3.40. The number of hydrogen-bond acceptors (Lipinski definition) is 1. The molecule has 0 spiro atoms. The molecule has 2 heteroatoms. The maximum Gasteiger partial charge on any atom is -0.0140 e. The topological polar surface area (TPSA) is 3.24 Å². The van der Waals surface area contributed by atoms with Crippen LogP contribution in [0.2, 0.25) is 4.13 Å². The zero-order chi connectivity index (χ0) is 7.70. The number of nitrogens with zero attached hydrogens (tertiary/aromatic N) is 1. The van der Waals surface area contributed by atoms with E-state index in [0.717, 1.165) is 0 Å². The summed E-state index contributed by atoms with van der Waals surface area (Å²) in [6, 6.07) is 0. The van der Waals surface area contributed by atoms with Gasteiger partial charge in [0, 0.05) is 0 Å². The van der Waals surface area contributed by atoms with E-state index in [9.17, 15) is 0 Å². The van der Waals surface area contributed by atoms with Crippen LogP contribution in [0.15, 0.2) is 0 Å². The summed E-state index contributed by atoms with van der Waals surface area (Å²) in [4.78, 5) is 2.00. The minimum absolute atomic E-state index is 1.37. The van der Waals surface area contributed by atoms with E-state index in [4.69, 9.17) is 0 Å². The van der Waals surface area contributed by atoms with Crippen molar-refractivity contribution in [2.45, 2.75) is 23.9 Å². The largest absolute Gasteiger partial charge is 0.312 e. The molecule has 0 aliphatic heterocycles. The molecule has 0 saturated heterocycles. The number of hydrogen-bond donors (Lipinski definition) is 0. The molecule has 0 atom stereocenters. The first-order valence-corrected chi connectivity index (χ1v) is 5.14. The van der Waals surface area contributed by atoms with Crippen LogP contribution in [0.3, 0.4) is 0 Å². The monoisotopic (exact) mass is 206 g/mol. The summed E-state index contributed by atoms with van der Waals surface area (Å²) in [7, 11) is 6.00. The van der Waals surface area contributed by atoms with E-state index in [1.165, 1.54) is 17.0 Å². The molecule has 0 aromatic heterocycles. The van der Waals surface area contributed by atoms with Crippen LogP contribution in [0.5, 0.6) is 0 Å². The maximum absolute atomic E-state index is 2.23. The summed E-state index contributed by atoms with van der Waals surface area (Å²) in [6.07, 6.45) is 2.80. The molecular formula is C7H18NZr. The maximum atomic E-state index is 2.23. The third kappa shape index (κ3) is 51.2. The smallest absolute Gasteiger partial charge is 0.0140 e. The molecule has 0 unspecified atom stereocenters. The zero-order valence-electron chi connectivity index (χ0n) is 7.07. The van der Waals surface area contributed by atoms with Gasteiger partial charge in [0.05, 0.1) is 0 Å². The van der Waals surface area contributed by atoms with Gasteiger partial charge in [-0.2, -0.15) is 0 Å². The van der Waals surface area contributed by atoms with Gasteiger partial charge in [-0.1, -0.05) is 0 Å². The average Bonchev–Trinajstić information content (AvgIpc) is 1.66. The third-order valence-electron chi connectivity index (χ3n) is 0.530. The van der Waals surface area contributed by atoms with Crippen molar-refractivity contribution in [3.05, 3.63) is 0 Å². The van der Waals surface area contributed by atoms with Crippen LogP contribution < -0.4 is 0 Å². The molecule has 9 heavy (non-hydrogen) atoms. The van der Waals surface area contributed by atoms with E-state index in [2.05, 4.69) is 6.92 Å². The van der Waals surface area contributed by atoms with Gasteiger partial charge in [0.2, 0.25) is 0 Å². The van der Waals surface area contributed by atoms with E-state index in [0.29, 0.717) is 0 Å². The van der Waals surface area contributed by atoms with Crippen molar-refractivity contribution < 1.29 is 24.7 Å². The van der Waals surface area contributed by atoms with E-state index in [1.807, 2.05) is 26.0 Å². The SMILES string of the molecule is CCC[CH2][Zr].CN(C)C. The molecule has 0 aromatic carbocycles. The first kappa shape index (κ1) is 12.5. The molecule has 0 bridgehead atoms. The Balaban J connectivity index is 0. The molecule has 0 aromatic rings. The van der Waals surface area contributed by atoms with Crippen molar-refractivity contribution >= 4 is 0 Å². The molecule has 0 radical (unpaired) electrons. The summed E-state index contributed by atoms with van der Waals surface area (Å²) >= 11 is 1.68. The summed E-state index contributed by atoms with van der Waals surface area (Å²) < 4.78 is 1.43. The van der Waals surface area contributed by atoms with Crippen molar-refractivity contribution in [3.63, 3.8) is 0 Å². The number of rotatable bonds is 2. The predicted octanol–water partition coefficient (Wildman–Crippen LogP) is 1.93. The van der Waals surface area contributed by atoms with E-state index >= 15 is 0 Å². The zero-order valence-corrected chi connectivity index (χ0v) is 9.53. The van der Waals surface area contributed by atoms with Crippen LogP contribution in [0.25, 0.3) is 0 Å². The quantitative estimate of drug-likeness (QED) is 0.669. The third-order valence-corrected chi connectivity index (χ3v) is 1.40. The van der Waals surface area contributed by atoms with Crippen LogP contribution in [0.4, 0.5) is 0 Å². The van der Waals surface area contributed by atoms with Crippen molar-refractivity contribution in [1.29, 1.82) is 0 Å². The van der Waals surface area contributed by atoms with Gasteiger partial charge in [0.15, 0.2) is 0 Å².